The van der Waals surface area contributed by atoms with Gasteiger partial charge in [-0.2, -0.15) is 0 Å². The number of nitrogens with one attached hydrogen (secondary N) is 1. The Balaban J connectivity index is 2.01. The van der Waals surface area contributed by atoms with Crippen LogP contribution in [0.3, 0.4) is 0 Å². The number of nitrogens with two attached hydrogens (primary N) is 1. The molecular formula is C14H12BrFN2O2S. The minimum Gasteiger partial charge on any atom is -0.399 e. The molecule has 21 heavy (non-hydrogen) atoms. The van der Waals surface area contributed by atoms with Crippen molar-refractivity contribution in [2.45, 2.75) is 4.90 Å². The fourth-order valence-corrected chi connectivity index (χ4v) is 3.02. The van der Waals surface area contributed by atoms with Gasteiger partial charge in [0.05, 0.1) is 16.5 Å². The van der Waals surface area contributed by atoms with Crippen LogP contribution in [0.25, 0.3) is 0 Å². The number of hydrogen-bond donors (Lipinski definition) is 2. The van der Waals surface area contributed by atoms with Crippen molar-refractivity contribution in [3.63, 3.8) is 0 Å². The molecule has 2 rings (SSSR count). The van der Waals surface area contributed by atoms with Crippen molar-refractivity contribution in [1.82, 2.24) is 0 Å². The molecule has 3 N–H and O–H groups in total. The van der Waals surface area contributed by atoms with Crippen molar-refractivity contribution in [3.05, 3.63) is 52.8 Å². The first-order valence-corrected chi connectivity index (χ1v) is 8.06. The van der Waals surface area contributed by atoms with Crippen molar-refractivity contribution in [2.24, 2.45) is 0 Å². The Hall–Kier alpha value is -1.73. The fraction of sp³-hybridized carbons (Fsp3) is 0.0714. The standard InChI is InChI=1S/C14H12BrFN2O2S/c15-12-7-10(17)3-6-13(12)18-14(19)8-21(20)11-4-1-9(16)2-5-11/h1-7H,8,17H2,(H,18,19). The van der Waals surface area contributed by atoms with Crippen LogP contribution in [0, 0.1) is 5.82 Å². The van der Waals surface area contributed by atoms with Crippen LogP contribution in [0.1, 0.15) is 0 Å². The van der Waals surface area contributed by atoms with Gasteiger partial charge in [0.25, 0.3) is 0 Å². The van der Waals surface area contributed by atoms with Crippen LogP contribution in [0.15, 0.2) is 51.8 Å². The molecule has 0 fully saturated rings. The first-order valence-electron chi connectivity index (χ1n) is 5.94. The van der Waals surface area contributed by atoms with Gasteiger partial charge in [0.15, 0.2) is 0 Å². The number of carbonyl (C=O) groups excluding carboxylic acids is 1. The van der Waals surface area contributed by atoms with Crippen LogP contribution in [0.5, 0.6) is 0 Å². The van der Waals surface area contributed by atoms with E-state index < -0.39 is 22.5 Å². The van der Waals surface area contributed by atoms with E-state index in [1.165, 1.54) is 24.3 Å². The number of benzene rings is 2. The molecule has 0 bridgehead atoms. The highest BCUT2D eigenvalue weighted by molar-refractivity contribution is 9.10. The predicted molar refractivity (Wildman–Crippen MR) is 84.9 cm³/mol. The van der Waals surface area contributed by atoms with E-state index in [2.05, 4.69) is 21.2 Å². The van der Waals surface area contributed by atoms with Crippen molar-refractivity contribution in [3.8, 4) is 0 Å². The topological polar surface area (TPSA) is 72.2 Å². The van der Waals surface area contributed by atoms with Gasteiger partial charge in [0.1, 0.15) is 11.6 Å². The Morgan fingerprint density at radius 1 is 1.24 bits per heavy atom. The third-order valence-corrected chi connectivity index (χ3v) is 4.58. The Morgan fingerprint density at radius 2 is 1.90 bits per heavy atom. The van der Waals surface area contributed by atoms with Gasteiger partial charge in [-0.1, -0.05) is 0 Å². The first-order chi connectivity index (χ1) is 9.95. The summed E-state index contributed by atoms with van der Waals surface area (Å²) in [5, 5.41) is 2.64. The van der Waals surface area contributed by atoms with Crippen molar-refractivity contribution in [1.29, 1.82) is 0 Å². The van der Waals surface area contributed by atoms with E-state index in [4.69, 9.17) is 5.73 Å². The highest BCUT2D eigenvalue weighted by Crippen LogP contribution is 2.24. The van der Waals surface area contributed by atoms with E-state index in [-0.39, 0.29) is 5.75 Å². The van der Waals surface area contributed by atoms with Gasteiger partial charge >= 0.3 is 0 Å². The summed E-state index contributed by atoms with van der Waals surface area (Å²) < 4.78 is 25.4. The van der Waals surface area contributed by atoms with Crippen molar-refractivity contribution in [2.75, 3.05) is 16.8 Å². The molecule has 110 valence electrons. The molecule has 2 aromatic rings. The largest absolute Gasteiger partial charge is 0.399 e. The summed E-state index contributed by atoms with van der Waals surface area (Å²) in [6.07, 6.45) is 0. The highest BCUT2D eigenvalue weighted by Gasteiger charge is 2.12. The summed E-state index contributed by atoms with van der Waals surface area (Å²) in [4.78, 5) is 12.3. The monoisotopic (exact) mass is 370 g/mol. The van der Waals surface area contributed by atoms with Gasteiger partial charge in [-0.05, 0) is 58.4 Å². The number of anilines is 2. The molecular weight excluding hydrogens is 359 g/mol. The van der Waals surface area contributed by atoms with Crippen LogP contribution in [-0.4, -0.2) is 15.9 Å². The number of amides is 1. The zero-order valence-electron chi connectivity index (χ0n) is 10.8. The number of nitrogen functional groups attached to an aromatic ring is 1. The third kappa shape index (κ3) is 4.37. The molecule has 0 saturated heterocycles. The number of hydrogen-bond acceptors (Lipinski definition) is 3. The molecule has 0 aromatic heterocycles. The fourth-order valence-electron chi connectivity index (χ4n) is 1.61. The summed E-state index contributed by atoms with van der Waals surface area (Å²) in [6, 6.07) is 10.2. The Labute approximate surface area is 132 Å². The smallest absolute Gasteiger partial charge is 0.237 e. The molecule has 0 aliphatic heterocycles. The summed E-state index contributed by atoms with van der Waals surface area (Å²) >= 11 is 3.28. The molecule has 0 aliphatic carbocycles. The van der Waals surface area contributed by atoms with Gasteiger partial charge in [-0.15, -0.1) is 0 Å². The Kier molecular flexibility index (Phi) is 5.08. The summed E-state index contributed by atoms with van der Waals surface area (Å²) in [6.45, 7) is 0. The lowest BCUT2D eigenvalue weighted by atomic mass is 10.3. The quantitative estimate of drug-likeness (QED) is 0.812. The molecule has 0 radical (unpaired) electrons. The number of carbonyl (C=O) groups is 1. The lowest BCUT2D eigenvalue weighted by molar-refractivity contribution is -0.113. The van der Waals surface area contributed by atoms with E-state index in [9.17, 15) is 13.4 Å². The summed E-state index contributed by atoms with van der Waals surface area (Å²) in [5.74, 6) is -1.02. The highest BCUT2D eigenvalue weighted by atomic mass is 79.9. The summed E-state index contributed by atoms with van der Waals surface area (Å²) in [7, 11) is -1.53. The second kappa shape index (κ2) is 6.82. The average molecular weight is 371 g/mol. The molecule has 0 aliphatic rings. The van der Waals surface area contributed by atoms with Gasteiger partial charge < -0.3 is 11.1 Å². The molecule has 0 heterocycles. The second-order valence-electron chi connectivity index (χ2n) is 4.23. The maximum atomic E-state index is 12.8. The third-order valence-electron chi connectivity index (χ3n) is 2.61. The van der Waals surface area contributed by atoms with Crippen LogP contribution in [0.2, 0.25) is 0 Å². The van der Waals surface area contributed by atoms with E-state index in [1.54, 1.807) is 18.2 Å². The molecule has 1 unspecified atom stereocenters. The first kappa shape index (κ1) is 15.7. The molecule has 2 aromatic carbocycles. The molecule has 0 saturated carbocycles. The lowest BCUT2D eigenvalue weighted by Crippen LogP contribution is -2.19. The maximum absolute atomic E-state index is 12.8. The van der Waals surface area contributed by atoms with Crippen molar-refractivity contribution >= 4 is 44.0 Å². The number of rotatable bonds is 4. The van der Waals surface area contributed by atoms with Crippen molar-refractivity contribution < 1.29 is 13.4 Å². The van der Waals surface area contributed by atoms with Gasteiger partial charge in [-0.25, -0.2) is 4.39 Å². The number of halogens is 2. The van der Waals surface area contributed by atoms with E-state index in [0.29, 0.717) is 20.7 Å². The molecule has 1 amide bonds. The van der Waals surface area contributed by atoms with Crippen LogP contribution >= 0.6 is 15.9 Å². The van der Waals surface area contributed by atoms with Crippen LogP contribution < -0.4 is 11.1 Å². The molecule has 1 atom stereocenters. The average Bonchev–Trinajstić information content (AvgIpc) is 2.42. The minimum atomic E-state index is -1.53. The van der Waals surface area contributed by atoms with Gasteiger partial charge in [0, 0.05) is 15.1 Å². The zero-order chi connectivity index (χ0) is 15.4. The van der Waals surface area contributed by atoms with Gasteiger partial charge in [-0.3, -0.25) is 9.00 Å². The molecule has 7 heteroatoms. The molecule has 0 spiro atoms. The lowest BCUT2D eigenvalue weighted by Gasteiger charge is -2.08. The Morgan fingerprint density at radius 3 is 2.52 bits per heavy atom. The Bertz CT molecular complexity index is 692. The van der Waals surface area contributed by atoms with E-state index in [0.717, 1.165) is 0 Å². The van der Waals surface area contributed by atoms with Gasteiger partial charge in [0.2, 0.25) is 5.91 Å². The van der Waals surface area contributed by atoms with E-state index in [1.807, 2.05) is 0 Å². The maximum Gasteiger partial charge on any atom is 0.237 e. The van der Waals surface area contributed by atoms with E-state index >= 15 is 0 Å². The molecule has 4 nitrogen and oxygen atoms in total. The normalized spacial score (nSPS) is 11.9. The SMILES string of the molecule is Nc1ccc(NC(=O)CS(=O)c2ccc(F)cc2)c(Br)c1. The predicted octanol–water partition coefficient (Wildman–Crippen LogP) is 2.92. The minimum absolute atomic E-state index is 0.206. The van der Waals surface area contributed by atoms with Crippen LogP contribution in [-0.2, 0) is 15.6 Å². The summed E-state index contributed by atoms with van der Waals surface area (Å²) in [5.41, 5.74) is 6.72. The zero-order valence-corrected chi connectivity index (χ0v) is 13.2. The second-order valence-corrected chi connectivity index (χ2v) is 6.54. The van der Waals surface area contributed by atoms with Crippen LogP contribution in [0.4, 0.5) is 15.8 Å².